The molecule has 1 rings (SSSR count). The first-order chi connectivity index (χ1) is 5.23. The van der Waals surface area contributed by atoms with Gasteiger partial charge in [-0.2, -0.15) is 0 Å². The molecule has 0 fully saturated rings. The van der Waals surface area contributed by atoms with Crippen molar-refractivity contribution in [3.05, 3.63) is 22.5 Å². The molecule has 2 heteroatoms. The van der Waals surface area contributed by atoms with Gasteiger partial charge in [0.25, 0.3) is 0 Å². The standard InChI is InChI=1S/C10H20Si2/c1-11(2,3)9-7-8-10(9)12(4,5)6/h7-8H,1-6H3. The Balaban J connectivity index is 2.95. The molecule has 12 heavy (non-hydrogen) atoms. The molecule has 0 aromatic carbocycles. The quantitative estimate of drug-likeness (QED) is 0.592. The summed E-state index contributed by atoms with van der Waals surface area (Å²) in [6.45, 7) is 14.6. The van der Waals surface area contributed by atoms with Gasteiger partial charge < -0.3 is 0 Å². The highest BCUT2D eigenvalue weighted by atomic mass is 28.3. The number of hydrogen-bond donors (Lipinski definition) is 0. The fourth-order valence-electron chi connectivity index (χ4n) is 1.56. The first-order valence-electron chi connectivity index (χ1n) is 4.66. The third kappa shape index (κ3) is 1.80. The van der Waals surface area contributed by atoms with E-state index in [4.69, 9.17) is 0 Å². The van der Waals surface area contributed by atoms with Gasteiger partial charge in [0, 0.05) is 0 Å². The van der Waals surface area contributed by atoms with E-state index in [0.29, 0.717) is 0 Å². The highest BCUT2D eigenvalue weighted by molar-refractivity contribution is 6.91. The van der Waals surface area contributed by atoms with E-state index in [-0.39, 0.29) is 0 Å². The summed E-state index contributed by atoms with van der Waals surface area (Å²) in [5.41, 5.74) is 0. The van der Waals surface area contributed by atoms with Gasteiger partial charge in [-0.15, -0.1) is 0 Å². The Bertz CT molecular complexity index is 220. The molecule has 0 unspecified atom stereocenters. The van der Waals surface area contributed by atoms with Crippen LogP contribution in [0.2, 0.25) is 39.3 Å². The Kier molecular flexibility index (Phi) is 2.25. The molecule has 0 amide bonds. The summed E-state index contributed by atoms with van der Waals surface area (Å²) in [5, 5.41) is 3.45. The van der Waals surface area contributed by atoms with E-state index in [1.165, 1.54) is 0 Å². The van der Waals surface area contributed by atoms with Gasteiger partial charge in [-0.25, -0.2) is 0 Å². The van der Waals surface area contributed by atoms with E-state index in [0.717, 1.165) is 0 Å². The molecule has 1 aliphatic carbocycles. The molecule has 0 saturated carbocycles. The fraction of sp³-hybridized carbons (Fsp3) is 0.600. The smallest absolute Gasteiger partial charge is 0.0656 e. The lowest BCUT2D eigenvalue weighted by Gasteiger charge is -2.33. The van der Waals surface area contributed by atoms with E-state index in [9.17, 15) is 0 Å². The minimum atomic E-state index is -1.02. The molecule has 0 spiro atoms. The van der Waals surface area contributed by atoms with E-state index in [1.54, 1.807) is 10.4 Å². The second-order valence-electron chi connectivity index (χ2n) is 5.66. The maximum Gasteiger partial charge on any atom is 0.0774 e. The second kappa shape index (κ2) is 2.70. The summed E-state index contributed by atoms with van der Waals surface area (Å²) in [6.07, 6.45) is 4.69. The molecule has 0 aliphatic heterocycles. The van der Waals surface area contributed by atoms with Crippen molar-refractivity contribution in [2.75, 3.05) is 0 Å². The van der Waals surface area contributed by atoms with Crippen molar-refractivity contribution in [3.8, 4) is 0 Å². The van der Waals surface area contributed by atoms with Gasteiger partial charge in [-0.1, -0.05) is 61.8 Å². The van der Waals surface area contributed by atoms with Crippen LogP contribution in [0.5, 0.6) is 0 Å². The molecule has 68 valence electrons. The van der Waals surface area contributed by atoms with Gasteiger partial charge in [0.05, 0.1) is 16.1 Å². The Morgan fingerprint density at radius 1 is 0.667 bits per heavy atom. The van der Waals surface area contributed by atoms with Crippen molar-refractivity contribution in [1.82, 2.24) is 0 Å². The van der Waals surface area contributed by atoms with Crippen LogP contribution in [0.25, 0.3) is 0 Å². The van der Waals surface area contributed by atoms with Crippen LogP contribution in [0, 0.1) is 0 Å². The predicted octanol–water partition coefficient (Wildman–Crippen LogP) is 3.61. The Labute approximate surface area is 78.4 Å². The van der Waals surface area contributed by atoms with Gasteiger partial charge in [0.1, 0.15) is 0 Å². The number of hydrogen-bond acceptors (Lipinski definition) is 0. The molecule has 1 aliphatic rings. The molecule has 0 saturated heterocycles. The summed E-state index contributed by atoms with van der Waals surface area (Å²) in [5.74, 6) is 0. The maximum atomic E-state index is 2.44. The summed E-state index contributed by atoms with van der Waals surface area (Å²) >= 11 is 0. The Hall–Kier alpha value is -0.0862. The molecule has 0 aromatic rings. The highest BCUT2D eigenvalue weighted by Crippen LogP contribution is 2.33. The van der Waals surface area contributed by atoms with Gasteiger partial charge in [0.15, 0.2) is 0 Å². The fourth-order valence-corrected chi connectivity index (χ4v) is 6.76. The lowest BCUT2D eigenvalue weighted by Crippen LogP contribution is -2.35. The summed E-state index contributed by atoms with van der Waals surface area (Å²) in [4.78, 5) is 0. The molecule has 0 nitrogen and oxygen atoms in total. The van der Waals surface area contributed by atoms with Crippen LogP contribution in [-0.4, -0.2) is 16.1 Å². The summed E-state index contributed by atoms with van der Waals surface area (Å²) in [7, 11) is -2.04. The summed E-state index contributed by atoms with van der Waals surface area (Å²) in [6, 6.07) is 0. The van der Waals surface area contributed by atoms with Crippen molar-refractivity contribution in [3.63, 3.8) is 0 Å². The van der Waals surface area contributed by atoms with Crippen LogP contribution in [0.3, 0.4) is 0 Å². The monoisotopic (exact) mass is 196 g/mol. The van der Waals surface area contributed by atoms with E-state index in [1.807, 2.05) is 0 Å². The molecule has 0 radical (unpaired) electrons. The Morgan fingerprint density at radius 2 is 0.917 bits per heavy atom. The zero-order valence-electron chi connectivity index (χ0n) is 9.15. The van der Waals surface area contributed by atoms with E-state index >= 15 is 0 Å². The predicted molar refractivity (Wildman–Crippen MR) is 62.9 cm³/mol. The largest absolute Gasteiger partial charge is 0.0774 e. The van der Waals surface area contributed by atoms with Crippen LogP contribution in [0.1, 0.15) is 0 Å². The SMILES string of the molecule is C[Si](C)(C)C1=C([Si](C)(C)C)C=C1. The third-order valence-corrected chi connectivity index (χ3v) is 6.68. The van der Waals surface area contributed by atoms with Crippen molar-refractivity contribution in [2.24, 2.45) is 0 Å². The summed E-state index contributed by atoms with van der Waals surface area (Å²) < 4.78 is 0. The molecule has 0 N–H and O–H groups in total. The molecule has 0 aromatic heterocycles. The lowest BCUT2D eigenvalue weighted by atomic mass is 10.3. The van der Waals surface area contributed by atoms with Crippen molar-refractivity contribution >= 4 is 16.1 Å². The van der Waals surface area contributed by atoms with Gasteiger partial charge in [0.2, 0.25) is 0 Å². The normalized spacial score (nSPS) is 18.2. The lowest BCUT2D eigenvalue weighted by molar-refractivity contribution is 1.49. The maximum absolute atomic E-state index is 2.44. The first kappa shape index (κ1) is 10.00. The van der Waals surface area contributed by atoms with Crippen LogP contribution < -0.4 is 0 Å². The zero-order chi connectivity index (χ0) is 9.57. The number of allylic oxidation sites excluding steroid dienone is 4. The minimum absolute atomic E-state index is 1.02. The Morgan fingerprint density at radius 3 is 1.00 bits per heavy atom. The second-order valence-corrected chi connectivity index (χ2v) is 15.7. The van der Waals surface area contributed by atoms with Crippen LogP contribution in [0.15, 0.2) is 22.5 Å². The van der Waals surface area contributed by atoms with Crippen LogP contribution in [-0.2, 0) is 0 Å². The molecule has 0 heterocycles. The number of rotatable bonds is 2. The van der Waals surface area contributed by atoms with Crippen LogP contribution in [0.4, 0.5) is 0 Å². The van der Waals surface area contributed by atoms with Gasteiger partial charge >= 0.3 is 0 Å². The average Bonchev–Trinajstić information content (AvgIpc) is 1.46. The molecular formula is C10H20Si2. The molecular weight excluding hydrogens is 176 g/mol. The van der Waals surface area contributed by atoms with Gasteiger partial charge in [-0.3, -0.25) is 0 Å². The first-order valence-corrected chi connectivity index (χ1v) is 11.7. The average molecular weight is 196 g/mol. The zero-order valence-corrected chi connectivity index (χ0v) is 11.2. The van der Waals surface area contributed by atoms with E-state index in [2.05, 4.69) is 51.4 Å². The highest BCUT2D eigenvalue weighted by Gasteiger charge is 2.31. The van der Waals surface area contributed by atoms with Crippen molar-refractivity contribution < 1.29 is 0 Å². The van der Waals surface area contributed by atoms with Crippen LogP contribution >= 0.6 is 0 Å². The third-order valence-electron chi connectivity index (χ3n) is 2.32. The topological polar surface area (TPSA) is 0 Å². The van der Waals surface area contributed by atoms with Crippen molar-refractivity contribution in [2.45, 2.75) is 39.3 Å². The van der Waals surface area contributed by atoms with Crippen molar-refractivity contribution in [1.29, 1.82) is 0 Å². The molecule has 0 bridgehead atoms. The van der Waals surface area contributed by atoms with E-state index < -0.39 is 16.1 Å². The minimum Gasteiger partial charge on any atom is -0.0656 e. The molecule has 0 atom stereocenters. The van der Waals surface area contributed by atoms with Gasteiger partial charge in [-0.05, 0) is 0 Å².